The molecule has 0 aromatic heterocycles. The summed E-state index contributed by atoms with van der Waals surface area (Å²) < 4.78 is 11.6. The number of aryl methyl sites for hydroxylation is 2. The number of amides is 2. The Kier molecular flexibility index (Phi) is 7.23. The summed E-state index contributed by atoms with van der Waals surface area (Å²) in [6.07, 6.45) is 0. The van der Waals surface area contributed by atoms with Gasteiger partial charge in [-0.2, -0.15) is 0 Å². The van der Waals surface area contributed by atoms with Gasteiger partial charge in [-0.05, 0) is 49.4 Å². The highest BCUT2D eigenvalue weighted by atomic mass is 16.5. The third-order valence-corrected chi connectivity index (χ3v) is 5.72. The van der Waals surface area contributed by atoms with Crippen LogP contribution in [0.5, 0.6) is 5.75 Å². The number of carbonyl (C=O) groups is 2. The Bertz CT molecular complexity index is 1040. The van der Waals surface area contributed by atoms with Gasteiger partial charge in [-0.1, -0.05) is 55.8 Å². The fourth-order valence-electron chi connectivity index (χ4n) is 3.92. The van der Waals surface area contributed by atoms with Crippen LogP contribution >= 0.6 is 0 Å². The molecule has 2 amide bonds. The molecule has 2 aromatic rings. The van der Waals surface area contributed by atoms with Crippen LogP contribution in [0.15, 0.2) is 53.7 Å². The van der Waals surface area contributed by atoms with Gasteiger partial charge < -0.3 is 14.8 Å². The van der Waals surface area contributed by atoms with Crippen LogP contribution in [-0.2, 0) is 9.53 Å². The quantitative estimate of drug-likeness (QED) is 0.619. The molecule has 0 saturated carbocycles. The largest absolute Gasteiger partial charge is 0.487 e. The van der Waals surface area contributed by atoms with Crippen molar-refractivity contribution in [3.8, 4) is 5.75 Å². The first-order valence-electron chi connectivity index (χ1n) is 11.0. The number of para-hydroxylation sites is 1. The van der Waals surface area contributed by atoms with Crippen LogP contribution in [0, 0.1) is 13.8 Å². The van der Waals surface area contributed by atoms with Gasteiger partial charge in [0.15, 0.2) is 0 Å². The lowest BCUT2D eigenvalue weighted by molar-refractivity contribution is -0.139. The molecule has 3 rings (SSSR count). The van der Waals surface area contributed by atoms with E-state index in [0.29, 0.717) is 11.3 Å². The van der Waals surface area contributed by atoms with Gasteiger partial charge in [-0.15, -0.1) is 0 Å². The summed E-state index contributed by atoms with van der Waals surface area (Å²) in [5.41, 5.74) is 4.86. The SMILES string of the molecule is CCOC(=O)C1=C(COc2ccccc2C(C)C)N(C)C(=O)N[C@H]1c1cc(C)ccc1C. The van der Waals surface area contributed by atoms with Crippen molar-refractivity contribution in [1.29, 1.82) is 0 Å². The van der Waals surface area contributed by atoms with E-state index in [-0.39, 0.29) is 25.2 Å². The Labute approximate surface area is 190 Å². The first kappa shape index (κ1) is 23.4. The number of rotatable bonds is 7. The van der Waals surface area contributed by atoms with Gasteiger partial charge in [-0.25, -0.2) is 9.59 Å². The molecule has 0 aliphatic carbocycles. The maximum atomic E-state index is 13.1. The summed E-state index contributed by atoms with van der Waals surface area (Å²) in [5, 5.41) is 2.97. The predicted molar refractivity (Wildman–Crippen MR) is 125 cm³/mol. The number of ether oxygens (including phenoxy) is 2. The average molecular weight is 437 g/mol. The van der Waals surface area contributed by atoms with Crippen molar-refractivity contribution in [1.82, 2.24) is 10.2 Å². The van der Waals surface area contributed by atoms with E-state index in [2.05, 4.69) is 19.2 Å². The van der Waals surface area contributed by atoms with Crippen LogP contribution < -0.4 is 10.1 Å². The fraction of sp³-hybridized carbons (Fsp3) is 0.385. The Morgan fingerprint density at radius 2 is 1.88 bits per heavy atom. The van der Waals surface area contributed by atoms with Gasteiger partial charge >= 0.3 is 12.0 Å². The third kappa shape index (κ3) is 4.79. The molecule has 6 heteroatoms. The van der Waals surface area contributed by atoms with Gasteiger partial charge in [-0.3, -0.25) is 4.90 Å². The number of likely N-dealkylation sites (N-methyl/N-ethyl adjacent to an activating group) is 1. The van der Waals surface area contributed by atoms with Crippen LogP contribution in [0.2, 0.25) is 0 Å². The molecular formula is C26H32N2O4. The number of urea groups is 1. The maximum absolute atomic E-state index is 13.1. The van der Waals surface area contributed by atoms with E-state index < -0.39 is 12.0 Å². The van der Waals surface area contributed by atoms with E-state index in [1.54, 1.807) is 14.0 Å². The third-order valence-electron chi connectivity index (χ3n) is 5.72. The van der Waals surface area contributed by atoms with Crippen molar-refractivity contribution in [2.24, 2.45) is 0 Å². The molecule has 32 heavy (non-hydrogen) atoms. The number of nitrogens with one attached hydrogen (secondary N) is 1. The molecule has 1 atom stereocenters. The van der Waals surface area contributed by atoms with Gasteiger partial charge in [0.05, 0.1) is 23.9 Å². The van der Waals surface area contributed by atoms with Crippen molar-refractivity contribution in [2.45, 2.75) is 46.6 Å². The Morgan fingerprint density at radius 3 is 2.56 bits per heavy atom. The van der Waals surface area contributed by atoms with Crippen LogP contribution in [0.3, 0.4) is 0 Å². The molecule has 0 fully saturated rings. The predicted octanol–water partition coefficient (Wildman–Crippen LogP) is 5.02. The molecule has 0 unspecified atom stereocenters. The van der Waals surface area contributed by atoms with Crippen LogP contribution in [0.1, 0.15) is 55.0 Å². The minimum Gasteiger partial charge on any atom is -0.487 e. The normalized spacial score (nSPS) is 16.3. The summed E-state index contributed by atoms with van der Waals surface area (Å²) in [7, 11) is 1.64. The monoisotopic (exact) mass is 436 g/mol. The molecule has 0 spiro atoms. The lowest BCUT2D eigenvalue weighted by atomic mass is 9.90. The molecular weight excluding hydrogens is 404 g/mol. The summed E-state index contributed by atoms with van der Waals surface area (Å²) in [6, 6.07) is 12.9. The number of esters is 1. The average Bonchev–Trinajstić information content (AvgIpc) is 2.76. The summed E-state index contributed by atoms with van der Waals surface area (Å²) >= 11 is 0. The number of benzene rings is 2. The highest BCUT2D eigenvalue weighted by Gasteiger charge is 2.37. The minimum absolute atomic E-state index is 0.0726. The van der Waals surface area contributed by atoms with Crippen LogP contribution in [-0.4, -0.2) is 37.2 Å². The first-order chi connectivity index (χ1) is 15.2. The molecule has 1 aliphatic rings. The molecule has 1 aliphatic heterocycles. The van der Waals surface area contributed by atoms with Crippen molar-refractivity contribution < 1.29 is 19.1 Å². The Balaban J connectivity index is 2.09. The fourth-order valence-corrected chi connectivity index (χ4v) is 3.92. The maximum Gasteiger partial charge on any atom is 0.338 e. The van der Waals surface area contributed by atoms with Crippen molar-refractivity contribution in [3.63, 3.8) is 0 Å². The summed E-state index contributed by atoms with van der Waals surface area (Å²) in [6.45, 7) is 10.2. The van der Waals surface area contributed by atoms with Gasteiger partial charge in [0.1, 0.15) is 12.4 Å². The summed E-state index contributed by atoms with van der Waals surface area (Å²) in [4.78, 5) is 27.4. The summed E-state index contributed by atoms with van der Waals surface area (Å²) in [5.74, 6) is 0.557. The zero-order valence-electron chi connectivity index (χ0n) is 19.7. The highest BCUT2D eigenvalue weighted by Crippen LogP contribution is 2.34. The van der Waals surface area contributed by atoms with Crippen molar-refractivity contribution in [2.75, 3.05) is 20.3 Å². The van der Waals surface area contributed by atoms with Crippen LogP contribution in [0.25, 0.3) is 0 Å². The van der Waals surface area contributed by atoms with E-state index in [0.717, 1.165) is 28.0 Å². The van der Waals surface area contributed by atoms with E-state index in [9.17, 15) is 9.59 Å². The number of carbonyl (C=O) groups excluding carboxylic acids is 2. The Hall–Kier alpha value is -3.28. The van der Waals surface area contributed by atoms with E-state index >= 15 is 0 Å². The topological polar surface area (TPSA) is 67.9 Å². The van der Waals surface area contributed by atoms with Gasteiger partial charge in [0.2, 0.25) is 0 Å². The molecule has 0 radical (unpaired) electrons. The van der Waals surface area contributed by atoms with Gasteiger partial charge in [0, 0.05) is 7.05 Å². The molecule has 170 valence electrons. The smallest absolute Gasteiger partial charge is 0.338 e. The van der Waals surface area contributed by atoms with Crippen molar-refractivity contribution >= 4 is 12.0 Å². The highest BCUT2D eigenvalue weighted by molar-refractivity contribution is 5.95. The molecule has 2 aromatic carbocycles. The molecule has 1 N–H and O–H groups in total. The molecule has 0 saturated heterocycles. The van der Waals surface area contributed by atoms with Crippen molar-refractivity contribution in [3.05, 3.63) is 76.0 Å². The Morgan fingerprint density at radius 1 is 1.16 bits per heavy atom. The van der Waals surface area contributed by atoms with E-state index in [1.165, 1.54) is 4.90 Å². The number of hydrogen-bond donors (Lipinski definition) is 1. The van der Waals surface area contributed by atoms with Gasteiger partial charge in [0.25, 0.3) is 0 Å². The first-order valence-corrected chi connectivity index (χ1v) is 11.0. The lowest BCUT2D eigenvalue weighted by Gasteiger charge is -2.35. The second-order valence-electron chi connectivity index (χ2n) is 8.36. The lowest BCUT2D eigenvalue weighted by Crippen LogP contribution is -2.48. The van der Waals surface area contributed by atoms with Crippen LogP contribution in [0.4, 0.5) is 4.79 Å². The second-order valence-corrected chi connectivity index (χ2v) is 8.36. The number of nitrogens with zero attached hydrogens (tertiary/aromatic N) is 1. The van der Waals surface area contributed by atoms with E-state index in [4.69, 9.17) is 9.47 Å². The number of hydrogen-bond acceptors (Lipinski definition) is 4. The zero-order valence-corrected chi connectivity index (χ0v) is 19.7. The minimum atomic E-state index is -0.614. The molecule has 0 bridgehead atoms. The molecule has 1 heterocycles. The van der Waals surface area contributed by atoms with E-state index in [1.807, 2.05) is 56.3 Å². The zero-order chi connectivity index (χ0) is 23.4. The standard InChI is InChI=1S/C26H32N2O4/c1-7-31-25(29)23-21(15-32-22-11-9-8-10-19(22)16(2)3)28(6)26(30)27-24(23)20-14-17(4)12-13-18(20)5/h8-14,16,24H,7,15H2,1-6H3,(H,27,30)/t24-/m0/s1. The molecule has 6 nitrogen and oxygen atoms in total. The second kappa shape index (κ2) is 9.90.